The number of pyridine rings is 1. The number of carbonyl (C=O) groups excluding carboxylic acids is 1. The van der Waals surface area contributed by atoms with Crippen LogP contribution in [0.5, 0.6) is 5.75 Å². The summed E-state index contributed by atoms with van der Waals surface area (Å²) in [5.41, 5.74) is 1.38. The van der Waals surface area contributed by atoms with Crippen LogP contribution in [0.2, 0.25) is 0 Å². The summed E-state index contributed by atoms with van der Waals surface area (Å²) in [5, 5.41) is 4.01. The number of aliphatic imine (C=N–C) groups is 1. The molecule has 28 heavy (non-hydrogen) atoms. The number of benzene rings is 1. The fourth-order valence-electron chi connectivity index (χ4n) is 2.82. The van der Waals surface area contributed by atoms with E-state index in [0.717, 1.165) is 24.7 Å². The van der Waals surface area contributed by atoms with Crippen LogP contribution in [-0.2, 0) is 14.6 Å². The van der Waals surface area contributed by atoms with Gasteiger partial charge in [0.25, 0.3) is 5.91 Å². The van der Waals surface area contributed by atoms with Crippen LogP contribution in [0.15, 0.2) is 39.2 Å². The molecule has 1 amide bonds. The third-order valence-electron chi connectivity index (χ3n) is 4.29. The van der Waals surface area contributed by atoms with Crippen molar-refractivity contribution in [3.05, 3.63) is 34.9 Å². The molecule has 0 spiro atoms. The smallest absolute Gasteiger partial charge is 0.264 e. The predicted molar refractivity (Wildman–Crippen MR) is 110 cm³/mol. The molecule has 146 valence electrons. The highest BCUT2D eigenvalue weighted by atomic mass is 32.2. The number of hydrogen-bond donors (Lipinski definition) is 1. The summed E-state index contributed by atoms with van der Waals surface area (Å²) < 4.78 is 29.9. The molecule has 1 saturated carbocycles. The topological polar surface area (TPSA) is 97.7 Å². The van der Waals surface area contributed by atoms with Crippen molar-refractivity contribution < 1.29 is 17.9 Å². The molecule has 1 aromatic heterocycles. The lowest BCUT2D eigenvalue weighted by Crippen LogP contribution is -2.20. The number of carbonyl (C=O) groups is 1. The number of amidine groups is 1. The fourth-order valence-corrected chi connectivity index (χ4v) is 4.47. The highest BCUT2D eigenvalue weighted by Crippen LogP contribution is 2.34. The Bertz CT molecular complexity index is 1140. The van der Waals surface area contributed by atoms with Gasteiger partial charge in [-0.2, -0.15) is 0 Å². The van der Waals surface area contributed by atoms with Crippen LogP contribution in [0.25, 0.3) is 17.0 Å². The minimum atomic E-state index is -3.49. The summed E-state index contributed by atoms with van der Waals surface area (Å²) in [6.45, 7) is 2.12. The fraction of sp³-hybridized carbons (Fsp3) is 0.316. The van der Waals surface area contributed by atoms with Gasteiger partial charge in [0.1, 0.15) is 10.6 Å². The van der Waals surface area contributed by atoms with Crippen LogP contribution in [-0.4, -0.2) is 43.4 Å². The largest absolute Gasteiger partial charge is 0.492 e. The summed E-state index contributed by atoms with van der Waals surface area (Å²) in [5.74, 6) is 0.104. The number of amides is 1. The highest BCUT2D eigenvalue weighted by Gasteiger charge is 2.28. The Balaban J connectivity index is 1.76. The molecule has 2 aliphatic rings. The van der Waals surface area contributed by atoms with E-state index in [9.17, 15) is 13.2 Å². The molecular formula is C19H19N3O4S2. The molecule has 2 aromatic rings. The highest BCUT2D eigenvalue weighted by molar-refractivity contribution is 8.18. The molecule has 1 saturated heterocycles. The van der Waals surface area contributed by atoms with Gasteiger partial charge >= 0.3 is 0 Å². The third-order valence-corrected chi connectivity index (χ3v) is 6.31. The van der Waals surface area contributed by atoms with E-state index in [0.29, 0.717) is 33.6 Å². The molecule has 0 unspecified atom stereocenters. The molecule has 9 heteroatoms. The molecule has 1 aliphatic heterocycles. The van der Waals surface area contributed by atoms with Crippen LogP contribution < -0.4 is 10.1 Å². The molecule has 2 heterocycles. The van der Waals surface area contributed by atoms with Crippen molar-refractivity contribution in [2.75, 3.05) is 12.9 Å². The van der Waals surface area contributed by atoms with Gasteiger partial charge in [0.2, 0.25) is 0 Å². The lowest BCUT2D eigenvalue weighted by molar-refractivity contribution is -0.115. The van der Waals surface area contributed by atoms with E-state index in [1.807, 2.05) is 6.07 Å². The maximum absolute atomic E-state index is 12.2. The molecule has 7 nitrogen and oxygen atoms in total. The molecule has 1 N–H and O–H groups in total. The summed E-state index contributed by atoms with van der Waals surface area (Å²) in [6.07, 6.45) is 6.35. The maximum Gasteiger partial charge on any atom is 0.264 e. The Kier molecular flexibility index (Phi) is 4.88. The van der Waals surface area contributed by atoms with E-state index in [-0.39, 0.29) is 16.6 Å². The molecule has 0 radical (unpaired) electrons. The normalized spacial score (nSPS) is 20.1. The number of thioether (sulfide) groups is 1. The average Bonchev–Trinajstić information content (AvgIpc) is 3.38. The first-order valence-corrected chi connectivity index (χ1v) is 11.6. The quantitative estimate of drug-likeness (QED) is 0.752. The van der Waals surface area contributed by atoms with Gasteiger partial charge in [-0.15, -0.1) is 0 Å². The zero-order valence-corrected chi connectivity index (χ0v) is 17.1. The van der Waals surface area contributed by atoms with Gasteiger partial charge in [0, 0.05) is 11.6 Å². The summed E-state index contributed by atoms with van der Waals surface area (Å²) >= 11 is 1.32. The van der Waals surface area contributed by atoms with Gasteiger partial charge in [-0.3, -0.25) is 14.8 Å². The van der Waals surface area contributed by atoms with Crippen LogP contribution in [0, 0.1) is 0 Å². The van der Waals surface area contributed by atoms with E-state index >= 15 is 0 Å². The summed E-state index contributed by atoms with van der Waals surface area (Å²) in [4.78, 5) is 21.5. The SMILES string of the molecule is CCOc1c(S(C)(=O)=O)cnc2ccc(C=C3SC(=NC4CC4)NC3=O)cc12. The van der Waals surface area contributed by atoms with Crippen molar-refractivity contribution >= 4 is 49.7 Å². The minimum absolute atomic E-state index is 0.0542. The molecule has 1 aliphatic carbocycles. The first-order valence-electron chi connectivity index (χ1n) is 8.89. The number of hydrogen-bond acceptors (Lipinski definition) is 7. The zero-order valence-electron chi connectivity index (χ0n) is 15.4. The predicted octanol–water partition coefficient (Wildman–Crippen LogP) is 2.76. The van der Waals surface area contributed by atoms with Gasteiger partial charge in [-0.05, 0) is 55.3 Å². The van der Waals surface area contributed by atoms with Gasteiger partial charge in [0.05, 0.1) is 29.3 Å². The third kappa shape index (κ3) is 3.90. The Morgan fingerprint density at radius 2 is 2.18 bits per heavy atom. The number of fused-ring (bicyclic) bond motifs is 1. The molecule has 2 fully saturated rings. The Morgan fingerprint density at radius 3 is 2.86 bits per heavy atom. The van der Waals surface area contributed by atoms with Crippen molar-refractivity contribution in [2.45, 2.75) is 30.7 Å². The van der Waals surface area contributed by atoms with Crippen LogP contribution in [0.1, 0.15) is 25.3 Å². The van der Waals surface area contributed by atoms with Crippen LogP contribution in [0.3, 0.4) is 0 Å². The Labute approximate surface area is 167 Å². The first kappa shape index (κ1) is 18.9. The molecule has 4 rings (SSSR count). The van der Waals surface area contributed by atoms with Gasteiger partial charge < -0.3 is 10.1 Å². The van der Waals surface area contributed by atoms with E-state index in [1.165, 1.54) is 18.0 Å². The van der Waals surface area contributed by atoms with E-state index in [1.54, 1.807) is 25.1 Å². The number of aromatic nitrogens is 1. The van der Waals surface area contributed by atoms with Gasteiger partial charge in [-0.1, -0.05) is 6.07 Å². The molecule has 0 atom stereocenters. The summed E-state index contributed by atoms with van der Waals surface area (Å²) in [7, 11) is -3.49. The van der Waals surface area contributed by atoms with Crippen molar-refractivity contribution in [2.24, 2.45) is 4.99 Å². The second-order valence-corrected chi connectivity index (χ2v) is 9.68. The number of sulfone groups is 1. The molecule has 1 aromatic carbocycles. The Morgan fingerprint density at radius 1 is 1.39 bits per heavy atom. The zero-order chi connectivity index (χ0) is 19.9. The average molecular weight is 418 g/mol. The first-order chi connectivity index (χ1) is 13.3. The van der Waals surface area contributed by atoms with Gasteiger partial charge in [0.15, 0.2) is 15.0 Å². The lowest BCUT2D eigenvalue weighted by atomic mass is 10.1. The van der Waals surface area contributed by atoms with Crippen molar-refractivity contribution in [1.29, 1.82) is 0 Å². The van der Waals surface area contributed by atoms with Crippen LogP contribution in [0.4, 0.5) is 0 Å². The standard InChI is InChI=1S/C19H19N3O4S2/c1-3-26-17-13-8-11(4-7-14(13)20-10-16(17)28(2,24)25)9-15-18(23)22-19(27-15)21-12-5-6-12/h4,7-10,12H,3,5-6H2,1-2H3,(H,21,22,23). The van der Waals surface area contributed by atoms with Crippen molar-refractivity contribution in [3.8, 4) is 5.75 Å². The van der Waals surface area contributed by atoms with E-state index in [2.05, 4.69) is 15.3 Å². The van der Waals surface area contributed by atoms with E-state index in [4.69, 9.17) is 4.74 Å². The maximum atomic E-state index is 12.2. The minimum Gasteiger partial charge on any atom is -0.492 e. The van der Waals surface area contributed by atoms with Gasteiger partial charge in [-0.25, -0.2) is 8.42 Å². The summed E-state index contributed by atoms with van der Waals surface area (Å²) in [6, 6.07) is 5.74. The Hall–Kier alpha value is -2.39. The second kappa shape index (κ2) is 7.21. The second-order valence-electron chi connectivity index (χ2n) is 6.66. The molecular weight excluding hydrogens is 398 g/mol. The monoisotopic (exact) mass is 417 g/mol. The number of nitrogens with one attached hydrogen (secondary N) is 1. The lowest BCUT2D eigenvalue weighted by Gasteiger charge is -2.12. The molecule has 0 bridgehead atoms. The van der Waals surface area contributed by atoms with Crippen LogP contribution >= 0.6 is 11.8 Å². The number of nitrogens with zero attached hydrogens (tertiary/aromatic N) is 2. The number of rotatable bonds is 5. The van der Waals surface area contributed by atoms with E-state index < -0.39 is 9.84 Å². The number of ether oxygens (including phenoxy) is 1. The van der Waals surface area contributed by atoms with Crippen molar-refractivity contribution in [3.63, 3.8) is 0 Å². The van der Waals surface area contributed by atoms with Crippen molar-refractivity contribution in [1.82, 2.24) is 10.3 Å².